The van der Waals surface area contributed by atoms with Crippen LogP contribution in [0.4, 0.5) is 14.4 Å². The van der Waals surface area contributed by atoms with Crippen molar-refractivity contribution in [1.29, 1.82) is 0 Å². The number of ether oxygens (including phenoxy) is 2. The third-order valence-electron chi connectivity index (χ3n) is 4.08. The second-order valence-electron chi connectivity index (χ2n) is 8.32. The van der Waals surface area contributed by atoms with Gasteiger partial charge in [-0.3, -0.25) is 15.1 Å². The van der Waals surface area contributed by atoms with Gasteiger partial charge < -0.3 is 36.3 Å². The minimum Gasteiger partial charge on any atom is -0.465 e. The topological polar surface area (TPSA) is 193 Å². The van der Waals surface area contributed by atoms with Crippen LogP contribution >= 0.6 is 0 Å². The highest BCUT2D eigenvalue weighted by Gasteiger charge is 2.24. The maximum Gasteiger partial charge on any atom is 0.414 e. The zero-order valence-electron chi connectivity index (χ0n) is 20.1. The van der Waals surface area contributed by atoms with Crippen molar-refractivity contribution < 1.29 is 33.8 Å². The zero-order valence-corrected chi connectivity index (χ0v) is 20.1. The van der Waals surface area contributed by atoms with Crippen LogP contribution in [0.3, 0.4) is 0 Å². The zero-order chi connectivity index (χ0) is 26.3. The molecular formula is C22H34N6O7. The lowest BCUT2D eigenvalue weighted by molar-refractivity contribution is -0.123. The second-order valence-corrected chi connectivity index (χ2v) is 8.32. The Morgan fingerprint density at radius 3 is 2.34 bits per heavy atom. The standard InChI is InChI=1S/C22H34N6O7/c1-22(2,3)35-21(33)27-16(17(29)24-12-13-26-19(30)31)10-7-11-25-18(23)28-20(32)34-14-15-8-5-4-6-9-15/h4-6,8-9,16,26H,7,10-14H2,1-3H3,(H,24,29)(H,27,33)(H,30,31)(H3,23,25,28,32)/t16-/m0/s1. The summed E-state index contributed by atoms with van der Waals surface area (Å²) in [7, 11) is 0. The molecule has 0 aromatic heterocycles. The normalized spacial score (nSPS) is 12.1. The molecule has 0 spiro atoms. The van der Waals surface area contributed by atoms with Crippen LogP contribution in [0.5, 0.6) is 0 Å². The maximum absolute atomic E-state index is 12.5. The first kappa shape index (κ1) is 29.0. The van der Waals surface area contributed by atoms with Gasteiger partial charge in [-0.05, 0) is 39.2 Å². The van der Waals surface area contributed by atoms with Crippen LogP contribution in [0, 0.1) is 0 Å². The van der Waals surface area contributed by atoms with Crippen LogP contribution in [-0.4, -0.2) is 66.5 Å². The molecule has 0 aliphatic heterocycles. The molecule has 0 fully saturated rings. The Kier molecular flexibility index (Phi) is 12.4. The highest BCUT2D eigenvalue weighted by atomic mass is 16.6. The van der Waals surface area contributed by atoms with E-state index in [0.717, 1.165) is 5.56 Å². The minimum absolute atomic E-state index is 0.00704. The van der Waals surface area contributed by atoms with Gasteiger partial charge in [0.2, 0.25) is 5.91 Å². The molecule has 1 atom stereocenters. The van der Waals surface area contributed by atoms with Crippen molar-refractivity contribution in [3.63, 3.8) is 0 Å². The number of alkyl carbamates (subject to hydrolysis) is 2. The summed E-state index contributed by atoms with van der Waals surface area (Å²) in [5, 5.41) is 18.1. The number of rotatable bonds is 11. The van der Waals surface area contributed by atoms with Gasteiger partial charge >= 0.3 is 18.3 Å². The largest absolute Gasteiger partial charge is 0.465 e. The third-order valence-corrected chi connectivity index (χ3v) is 4.08. The first-order valence-corrected chi connectivity index (χ1v) is 11.0. The number of aliphatic imine (C=N–C) groups is 1. The van der Waals surface area contributed by atoms with E-state index in [4.69, 9.17) is 20.3 Å². The Labute approximate surface area is 203 Å². The minimum atomic E-state index is -1.21. The lowest BCUT2D eigenvalue weighted by atomic mass is 10.1. The number of carbonyl (C=O) groups excluding carboxylic acids is 3. The van der Waals surface area contributed by atoms with Crippen molar-refractivity contribution in [2.45, 2.75) is 51.9 Å². The summed E-state index contributed by atoms with van der Waals surface area (Å²) >= 11 is 0. The molecule has 13 heteroatoms. The van der Waals surface area contributed by atoms with Gasteiger partial charge in [-0.25, -0.2) is 14.4 Å². The number of amides is 4. The molecule has 0 bridgehead atoms. The lowest BCUT2D eigenvalue weighted by Gasteiger charge is -2.23. The number of nitrogens with one attached hydrogen (secondary N) is 4. The molecule has 1 aromatic carbocycles. The van der Waals surface area contributed by atoms with Gasteiger partial charge in [-0.1, -0.05) is 30.3 Å². The number of carboxylic acid groups (broad SMARTS) is 1. The van der Waals surface area contributed by atoms with Crippen molar-refractivity contribution in [2.75, 3.05) is 19.6 Å². The number of nitrogens with zero attached hydrogens (tertiary/aromatic N) is 1. The molecule has 0 unspecified atom stereocenters. The monoisotopic (exact) mass is 494 g/mol. The Bertz CT molecular complexity index is 871. The van der Waals surface area contributed by atoms with Crippen molar-refractivity contribution in [3.8, 4) is 0 Å². The predicted molar refractivity (Wildman–Crippen MR) is 128 cm³/mol. The van der Waals surface area contributed by atoms with E-state index in [-0.39, 0.29) is 38.6 Å². The fraction of sp³-hybridized carbons (Fsp3) is 0.500. The summed E-state index contributed by atoms with van der Waals surface area (Å²) in [4.78, 5) is 50.9. The van der Waals surface area contributed by atoms with Crippen LogP contribution in [-0.2, 0) is 20.9 Å². The molecule has 35 heavy (non-hydrogen) atoms. The summed E-state index contributed by atoms with van der Waals surface area (Å²) in [6.07, 6.45) is -2.22. The fourth-order valence-electron chi connectivity index (χ4n) is 2.60. The molecule has 194 valence electrons. The predicted octanol–water partition coefficient (Wildman–Crippen LogP) is 1.28. The van der Waals surface area contributed by atoms with Gasteiger partial charge in [0.1, 0.15) is 18.2 Å². The van der Waals surface area contributed by atoms with E-state index in [1.54, 1.807) is 20.8 Å². The number of hydrogen-bond donors (Lipinski definition) is 6. The van der Waals surface area contributed by atoms with Crippen molar-refractivity contribution >= 4 is 30.1 Å². The molecule has 0 heterocycles. The number of carbonyl (C=O) groups is 4. The Balaban J connectivity index is 2.51. The van der Waals surface area contributed by atoms with Gasteiger partial charge in [0.15, 0.2) is 5.96 Å². The summed E-state index contributed by atoms with van der Waals surface area (Å²) in [6.45, 7) is 5.35. The molecule has 4 amide bonds. The summed E-state index contributed by atoms with van der Waals surface area (Å²) in [5.41, 5.74) is 5.75. The van der Waals surface area contributed by atoms with E-state index in [9.17, 15) is 19.2 Å². The Hall–Kier alpha value is -4.03. The highest BCUT2D eigenvalue weighted by molar-refractivity contribution is 5.92. The number of guanidine groups is 1. The molecule has 7 N–H and O–H groups in total. The molecule has 0 aliphatic carbocycles. The summed E-state index contributed by atoms with van der Waals surface area (Å²) < 4.78 is 10.2. The molecular weight excluding hydrogens is 460 g/mol. The molecule has 0 radical (unpaired) electrons. The van der Waals surface area contributed by atoms with Gasteiger partial charge in [0.25, 0.3) is 0 Å². The fourth-order valence-corrected chi connectivity index (χ4v) is 2.60. The van der Waals surface area contributed by atoms with Gasteiger partial charge in [-0.15, -0.1) is 0 Å². The van der Waals surface area contributed by atoms with Gasteiger partial charge in [-0.2, -0.15) is 0 Å². The first-order valence-electron chi connectivity index (χ1n) is 11.0. The molecule has 0 saturated heterocycles. The molecule has 13 nitrogen and oxygen atoms in total. The Morgan fingerprint density at radius 1 is 1.06 bits per heavy atom. The van der Waals surface area contributed by atoms with E-state index in [1.165, 1.54) is 0 Å². The van der Waals surface area contributed by atoms with Crippen molar-refractivity contribution in [2.24, 2.45) is 10.7 Å². The Morgan fingerprint density at radius 2 is 1.71 bits per heavy atom. The smallest absolute Gasteiger partial charge is 0.414 e. The second kappa shape index (κ2) is 15.0. The average molecular weight is 495 g/mol. The highest BCUT2D eigenvalue weighted by Crippen LogP contribution is 2.08. The third kappa shape index (κ3) is 14.7. The number of benzene rings is 1. The van der Waals surface area contributed by atoms with E-state index < -0.39 is 35.8 Å². The molecule has 0 aliphatic rings. The van der Waals surface area contributed by atoms with Gasteiger partial charge in [0, 0.05) is 19.6 Å². The number of nitrogens with two attached hydrogens (primary N) is 1. The van der Waals surface area contributed by atoms with E-state index in [0.29, 0.717) is 6.42 Å². The molecule has 1 aromatic rings. The maximum atomic E-state index is 12.5. The SMILES string of the molecule is CC(C)(C)OC(=O)N[C@@H](CCCN=C(N)NC(=O)OCc1ccccc1)C(=O)NCCNC(=O)O. The van der Waals surface area contributed by atoms with Crippen molar-refractivity contribution in [1.82, 2.24) is 21.3 Å². The van der Waals surface area contributed by atoms with Gasteiger partial charge in [0.05, 0.1) is 0 Å². The quantitative estimate of drug-likeness (QED) is 0.150. The van der Waals surface area contributed by atoms with Crippen LogP contribution < -0.4 is 27.0 Å². The summed E-state index contributed by atoms with van der Waals surface area (Å²) in [6, 6.07) is 8.17. The van der Waals surface area contributed by atoms with Crippen LogP contribution in [0.25, 0.3) is 0 Å². The lowest BCUT2D eigenvalue weighted by Crippen LogP contribution is -2.49. The van der Waals surface area contributed by atoms with Crippen LogP contribution in [0.2, 0.25) is 0 Å². The van der Waals surface area contributed by atoms with Crippen LogP contribution in [0.1, 0.15) is 39.2 Å². The summed E-state index contributed by atoms with van der Waals surface area (Å²) in [5.74, 6) is -0.661. The first-order chi connectivity index (χ1) is 16.5. The van der Waals surface area contributed by atoms with E-state index in [1.807, 2.05) is 30.3 Å². The molecule has 1 rings (SSSR count). The number of hydrogen-bond acceptors (Lipinski definition) is 7. The van der Waals surface area contributed by atoms with Crippen molar-refractivity contribution in [3.05, 3.63) is 35.9 Å². The van der Waals surface area contributed by atoms with Crippen LogP contribution in [0.15, 0.2) is 35.3 Å². The molecule has 0 saturated carbocycles. The van der Waals surface area contributed by atoms with E-state index >= 15 is 0 Å². The average Bonchev–Trinajstić information content (AvgIpc) is 2.76. The van der Waals surface area contributed by atoms with E-state index in [2.05, 4.69) is 26.3 Å².